The number of hydrogen-bond acceptors (Lipinski definition) is 3. The minimum absolute atomic E-state index is 0.113. The molecule has 0 aliphatic carbocycles. The quantitative estimate of drug-likeness (QED) is 0.810. The van der Waals surface area contributed by atoms with Crippen molar-refractivity contribution in [2.45, 2.75) is 19.1 Å². The first kappa shape index (κ1) is 18.2. The average molecular weight is 368 g/mol. The van der Waals surface area contributed by atoms with E-state index < -0.39 is 18.4 Å². The molecule has 0 bridgehead atoms. The Morgan fingerprint density at radius 1 is 1.35 bits per heavy atom. The third kappa shape index (κ3) is 4.16. The van der Waals surface area contributed by atoms with Crippen LogP contribution in [0.3, 0.4) is 0 Å². The van der Waals surface area contributed by atoms with Crippen LogP contribution < -0.4 is 11.0 Å². The van der Waals surface area contributed by atoms with Gasteiger partial charge in [0.15, 0.2) is 0 Å². The van der Waals surface area contributed by atoms with Crippen LogP contribution >= 0.6 is 0 Å². The molecule has 1 amide bonds. The number of rotatable bonds is 4. The number of likely N-dealkylation sites (N-methyl/N-ethyl adjacent to an activating group) is 1. The monoisotopic (exact) mass is 368 g/mol. The molecule has 1 aliphatic heterocycles. The molecule has 140 valence electrons. The number of carbonyl (C=O) groups is 1. The number of carbonyl (C=O) groups excluding carboxylic acids is 1. The lowest BCUT2D eigenvalue weighted by Gasteiger charge is -2.22. The van der Waals surface area contributed by atoms with Crippen molar-refractivity contribution >= 4 is 16.9 Å². The topological polar surface area (TPSA) is 70.1 Å². The van der Waals surface area contributed by atoms with Crippen LogP contribution in [0.25, 0.3) is 11.0 Å². The van der Waals surface area contributed by atoms with Gasteiger partial charge in [-0.05, 0) is 31.7 Å². The maximum Gasteiger partial charge on any atom is 0.406 e. The molecule has 1 aromatic carbocycles. The first-order valence-corrected chi connectivity index (χ1v) is 8.17. The normalized spacial score (nSPS) is 15.9. The summed E-state index contributed by atoms with van der Waals surface area (Å²) >= 11 is 0. The Balaban J connectivity index is 1.74. The molecule has 2 N–H and O–H groups in total. The molecule has 2 aromatic rings. The van der Waals surface area contributed by atoms with Crippen LogP contribution in [0.4, 0.5) is 13.2 Å². The van der Waals surface area contributed by atoms with Crippen LogP contribution in [0, 0.1) is 0 Å². The third-order valence-corrected chi connectivity index (χ3v) is 4.36. The van der Waals surface area contributed by atoms with E-state index in [1.54, 1.807) is 0 Å². The second-order valence-corrected chi connectivity index (χ2v) is 6.42. The number of hydrogen-bond donors (Lipinski definition) is 2. The predicted molar refractivity (Wildman–Crippen MR) is 91.1 cm³/mol. The van der Waals surface area contributed by atoms with Crippen LogP contribution in [0.15, 0.2) is 34.6 Å². The van der Waals surface area contributed by atoms with Gasteiger partial charge in [-0.2, -0.15) is 13.2 Å². The number of H-pyrrole nitrogens is 1. The summed E-state index contributed by atoms with van der Waals surface area (Å²) in [5.41, 5.74) is 0.882. The van der Waals surface area contributed by atoms with Crippen LogP contribution in [0.2, 0.25) is 0 Å². The first-order valence-electron chi connectivity index (χ1n) is 8.17. The highest BCUT2D eigenvalue weighted by molar-refractivity contribution is 5.97. The summed E-state index contributed by atoms with van der Waals surface area (Å²) in [6.45, 7) is 0.822. The number of nitrogens with zero attached hydrogens (tertiary/aromatic N) is 2. The van der Waals surface area contributed by atoms with Crippen molar-refractivity contribution in [1.29, 1.82) is 0 Å². The van der Waals surface area contributed by atoms with Crippen molar-refractivity contribution in [1.82, 2.24) is 19.8 Å². The van der Waals surface area contributed by atoms with Crippen molar-refractivity contribution in [2.75, 3.05) is 26.7 Å². The second kappa shape index (κ2) is 6.99. The molecule has 0 saturated heterocycles. The summed E-state index contributed by atoms with van der Waals surface area (Å²) < 4.78 is 38.4. The summed E-state index contributed by atoms with van der Waals surface area (Å²) in [5.74, 6) is -0.337. The Hall–Kier alpha value is -2.55. The lowest BCUT2D eigenvalue weighted by atomic mass is 10.1. The summed E-state index contributed by atoms with van der Waals surface area (Å²) in [4.78, 5) is 28.6. The van der Waals surface area contributed by atoms with Gasteiger partial charge < -0.3 is 15.2 Å². The highest BCUT2D eigenvalue weighted by Crippen LogP contribution is 2.20. The molecular formula is C17H19F3N4O2. The number of halogens is 3. The van der Waals surface area contributed by atoms with Crippen molar-refractivity contribution in [3.05, 3.63) is 45.9 Å². The number of aromatic nitrogens is 2. The number of alkyl halides is 3. The van der Waals surface area contributed by atoms with E-state index in [9.17, 15) is 22.8 Å². The largest absolute Gasteiger partial charge is 0.406 e. The Morgan fingerprint density at radius 2 is 2.12 bits per heavy atom. The molecule has 0 atom stereocenters. The summed E-state index contributed by atoms with van der Waals surface area (Å²) in [6.07, 6.45) is -1.55. The zero-order chi connectivity index (χ0) is 18.9. The van der Waals surface area contributed by atoms with Gasteiger partial charge in [-0.25, -0.2) is 4.79 Å². The van der Waals surface area contributed by atoms with Crippen LogP contribution in [0.1, 0.15) is 16.8 Å². The summed E-state index contributed by atoms with van der Waals surface area (Å²) in [6, 6.07) is 4.16. The fourth-order valence-electron chi connectivity index (χ4n) is 2.91. The van der Waals surface area contributed by atoms with Crippen LogP contribution in [-0.4, -0.2) is 53.2 Å². The van der Waals surface area contributed by atoms with E-state index in [1.165, 1.54) is 18.2 Å². The SMILES string of the molecule is CN1CC=C(CNC(=O)c2ccc3c(c2)[nH]c(=O)n3CC(F)(F)F)CC1. The number of imidazole rings is 1. The second-order valence-electron chi connectivity index (χ2n) is 6.42. The highest BCUT2D eigenvalue weighted by Gasteiger charge is 2.29. The van der Waals surface area contributed by atoms with Gasteiger partial charge in [-0.1, -0.05) is 11.6 Å². The first-order chi connectivity index (χ1) is 12.2. The van der Waals surface area contributed by atoms with Gasteiger partial charge >= 0.3 is 11.9 Å². The van der Waals surface area contributed by atoms with Gasteiger partial charge in [0.05, 0.1) is 11.0 Å². The maximum absolute atomic E-state index is 12.6. The van der Waals surface area contributed by atoms with E-state index in [-0.39, 0.29) is 22.5 Å². The number of fused-ring (bicyclic) bond motifs is 1. The van der Waals surface area contributed by atoms with E-state index in [4.69, 9.17) is 0 Å². The Morgan fingerprint density at radius 3 is 2.77 bits per heavy atom. The molecule has 0 spiro atoms. The van der Waals surface area contributed by atoms with E-state index in [2.05, 4.69) is 21.3 Å². The Bertz CT molecular complexity index is 911. The molecule has 26 heavy (non-hydrogen) atoms. The minimum Gasteiger partial charge on any atom is -0.348 e. The molecule has 0 saturated carbocycles. The van der Waals surface area contributed by atoms with Crippen molar-refractivity contribution in [3.8, 4) is 0 Å². The lowest BCUT2D eigenvalue weighted by molar-refractivity contribution is -0.140. The molecule has 2 heterocycles. The van der Waals surface area contributed by atoms with E-state index in [1.807, 2.05) is 7.05 Å². The third-order valence-electron chi connectivity index (χ3n) is 4.36. The average Bonchev–Trinajstić information content (AvgIpc) is 2.87. The standard InChI is InChI=1S/C17H19F3N4O2/c1-23-6-4-11(5-7-23)9-21-15(25)12-2-3-14-13(8-12)22-16(26)24(14)10-17(18,19)20/h2-4,8H,5-7,9-10H2,1H3,(H,21,25)(H,22,26). The van der Waals surface area contributed by atoms with Gasteiger partial charge in [-0.15, -0.1) is 0 Å². The van der Waals surface area contributed by atoms with Gasteiger partial charge in [0, 0.05) is 25.2 Å². The number of amides is 1. The minimum atomic E-state index is -4.50. The van der Waals surface area contributed by atoms with E-state index >= 15 is 0 Å². The zero-order valence-corrected chi connectivity index (χ0v) is 14.2. The number of benzene rings is 1. The molecule has 6 nitrogen and oxygen atoms in total. The van der Waals surface area contributed by atoms with Crippen molar-refractivity contribution < 1.29 is 18.0 Å². The van der Waals surface area contributed by atoms with Crippen molar-refractivity contribution in [2.24, 2.45) is 0 Å². The predicted octanol–water partition coefficient (Wildman–Crippen LogP) is 1.88. The van der Waals surface area contributed by atoms with Gasteiger partial charge in [0.2, 0.25) is 0 Å². The number of nitrogens with one attached hydrogen (secondary N) is 2. The fraction of sp³-hybridized carbons (Fsp3) is 0.412. The van der Waals surface area contributed by atoms with E-state index in [0.717, 1.165) is 25.1 Å². The van der Waals surface area contributed by atoms with E-state index in [0.29, 0.717) is 11.1 Å². The van der Waals surface area contributed by atoms with Crippen molar-refractivity contribution in [3.63, 3.8) is 0 Å². The molecule has 0 fully saturated rings. The van der Waals surface area contributed by atoms with Crippen LogP contribution in [0.5, 0.6) is 0 Å². The summed E-state index contributed by atoms with van der Waals surface area (Å²) in [7, 11) is 2.02. The zero-order valence-electron chi connectivity index (χ0n) is 14.2. The molecule has 1 aromatic heterocycles. The smallest absolute Gasteiger partial charge is 0.348 e. The lowest BCUT2D eigenvalue weighted by Crippen LogP contribution is -2.30. The fourth-order valence-corrected chi connectivity index (χ4v) is 2.91. The molecule has 1 aliphatic rings. The molecule has 0 unspecified atom stereocenters. The molecular weight excluding hydrogens is 349 g/mol. The molecule has 3 rings (SSSR count). The molecule has 9 heteroatoms. The molecule has 0 radical (unpaired) electrons. The van der Waals surface area contributed by atoms with Gasteiger partial charge in [0.25, 0.3) is 5.91 Å². The van der Waals surface area contributed by atoms with Crippen LogP contribution in [-0.2, 0) is 6.54 Å². The highest BCUT2D eigenvalue weighted by atomic mass is 19.4. The summed E-state index contributed by atoms with van der Waals surface area (Å²) in [5, 5.41) is 2.80. The van der Waals surface area contributed by atoms with Gasteiger partial charge in [-0.3, -0.25) is 9.36 Å². The van der Waals surface area contributed by atoms with Gasteiger partial charge in [0.1, 0.15) is 6.54 Å². The Labute approximate surface area is 147 Å². The number of aromatic amines is 1. The maximum atomic E-state index is 12.6. The Kier molecular flexibility index (Phi) is 4.90.